The maximum atomic E-state index is 5.14. The van der Waals surface area contributed by atoms with Crippen LogP contribution in [0.4, 0.5) is 0 Å². The van der Waals surface area contributed by atoms with Crippen LogP contribution in [0, 0.1) is 0 Å². The molecule has 0 amide bonds. The molecule has 32 valence electrons. The summed E-state index contributed by atoms with van der Waals surface area (Å²) in [6.45, 7) is 2.98. The van der Waals surface area contributed by atoms with Gasteiger partial charge >= 0.3 is 18.9 Å². The molecule has 0 radical (unpaired) electrons. The van der Waals surface area contributed by atoms with E-state index in [4.69, 9.17) is 5.73 Å². The van der Waals surface area contributed by atoms with Crippen LogP contribution in [-0.4, -0.2) is 6.54 Å². The fourth-order valence-electron chi connectivity index (χ4n) is 0.204. The van der Waals surface area contributed by atoms with Crippen LogP contribution in [0.3, 0.4) is 0 Å². The van der Waals surface area contributed by atoms with Crippen molar-refractivity contribution in [3.05, 3.63) is 0 Å². The molecule has 0 aliphatic heterocycles. The predicted octanol–water partition coefficient (Wildman–Crippen LogP) is -2.25. The summed E-state index contributed by atoms with van der Waals surface area (Å²) >= 11 is 0. The van der Waals surface area contributed by atoms with Gasteiger partial charge in [-0.2, -0.15) is 0 Å². The van der Waals surface area contributed by atoms with Crippen LogP contribution in [0.5, 0.6) is 0 Å². The summed E-state index contributed by atoms with van der Waals surface area (Å²) in [6.07, 6.45) is 2.39. The Kier molecular flexibility index (Phi) is 14.8. The van der Waals surface area contributed by atoms with E-state index in [2.05, 4.69) is 6.92 Å². The van der Waals surface area contributed by atoms with Crippen molar-refractivity contribution < 1.29 is 18.9 Å². The van der Waals surface area contributed by atoms with Crippen molar-refractivity contribution in [1.82, 2.24) is 0 Å². The molecule has 0 aromatic rings. The van der Waals surface area contributed by atoms with Crippen molar-refractivity contribution in [2.45, 2.75) is 19.8 Å². The normalized spacial score (nSPS) is 7.00. The Morgan fingerprint density at radius 3 is 2.00 bits per heavy atom. The van der Waals surface area contributed by atoms with Crippen LogP contribution in [0.1, 0.15) is 19.8 Å². The van der Waals surface area contributed by atoms with Gasteiger partial charge < -0.3 is 5.73 Å². The van der Waals surface area contributed by atoms with Crippen molar-refractivity contribution in [3.63, 3.8) is 0 Å². The molecule has 0 unspecified atom stereocenters. The van der Waals surface area contributed by atoms with Gasteiger partial charge in [-0.15, -0.1) is 0 Å². The van der Waals surface area contributed by atoms with Crippen LogP contribution in [0.15, 0.2) is 0 Å². The topological polar surface area (TPSA) is 26.0 Å². The summed E-state index contributed by atoms with van der Waals surface area (Å²) in [6, 6.07) is 0. The molecule has 0 saturated carbocycles. The molecule has 0 aliphatic rings. The first kappa shape index (κ1) is 9.75. The van der Waals surface area contributed by atoms with Crippen molar-refractivity contribution in [2.24, 2.45) is 5.73 Å². The molecular formula is C4H11LiN+. The van der Waals surface area contributed by atoms with E-state index in [0.717, 1.165) is 6.54 Å². The van der Waals surface area contributed by atoms with E-state index in [-0.39, 0.29) is 18.9 Å². The Hall–Kier alpha value is 0.557. The molecule has 0 aromatic heterocycles. The van der Waals surface area contributed by atoms with E-state index in [1.54, 1.807) is 0 Å². The van der Waals surface area contributed by atoms with E-state index in [9.17, 15) is 0 Å². The molecule has 2 N–H and O–H groups in total. The molecule has 0 bridgehead atoms. The number of nitrogens with two attached hydrogens (primary N) is 1. The van der Waals surface area contributed by atoms with Crippen LogP contribution in [0.25, 0.3) is 0 Å². The molecular weight excluding hydrogens is 69.0 g/mol. The van der Waals surface area contributed by atoms with Crippen molar-refractivity contribution in [1.29, 1.82) is 0 Å². The maximum absolute atomic E-state index is 5.14. The molecule has 0 atom stereocenters. The summed E-state index contributed by atoms with van der Waals surface area (Å²) in [5, 5.41) is 0. The molecule has 0 rings (SSSR count). The molecule has 1 nitrogen and oxygen atoms in total. The number of unbranched alkanes of at least 4 members (excludes halogenated alkanes) is 1. The largest absolute Gasteiger partial charge is 1.00 e. The van der Waals surface area contributed by atoms with Gasteiger partial charge in [-0.25, -0.2) is 0 Å². The standard InChI is InChI=1S/C4H11N.Li/c1-2-3-4-5;/h2-5H2,1H3;/q;+1. The second-order valence-corrected chi connectivity index (χ2v) is 1.14. The summed E-state index contributed by atoms with van der Waals surface area (Å²) in [4.78, 5) is 0. The fourth-order valence-corrected chi connectivity index (χ4v) is 0.204. The van der Waals surface area contributed by atoms with Gasteiger partial charge in [-0.3, -0.25) is 0 Å². The monoisotopic (exact) mass is 80.1 g/mol. The van der Waals surface area contributed by atoms with Gasteiger partial charge in [0, 0.05) is 0 Å². The average molecular weight is 80.1 g/mol. The summed E-state index contributed by atoms with van der Waals surface area (Å²) in [7, 11) is 0. The first-order chi connectivity index (χ1) is 2.41. The molecule has 0 fully saturated rings. The second kappa shape index (κ2) is 9.12. The Morgan fingerprint density at radius 2 is 2.00 bits per heavy atom. The van der Waals surface area contributed by atoms with Crippen LogP contribution < -0.4 is 24.6 Å². The minimum Gasteiger partial charge on any atom is -0.330 e. The van der Waals surface area contributed by atoms with Crippen LogP contribution in [-0.2, 0) is 0 Å². The summed E-state index contributed by atoms with van der Waals surface area (Å²) < 4.78 is 0. The number of hydrogen-bond donors (Lipinski definition) is 1. The zero-order valence-electron chi connectivity index (χ0n) is 4.70. The third-order valence-corrected chi connectivity index (χ3v) is 0.558. The van der Waals surface area contributed by atoms with E-state index in [1.165, 1.54) is 12.8 Å². The quantitative estimate of drug-likeness (QED) is 0.372. The molecule has 0 spiro atoms. The van der Waals surface area contributed by atoms with Crippen LogP contribution >= 0.6 is 0 Å². The third-order valence-electron chi connectivity index (χ3n) is 0.558. The van der Waals surface area contributed by atoms with Gasteiger partial charge in [0.15, 0.2) is 0 Å². The van der Waals surface area contributed by atoms with Gasteiger partial charge in [0.05, 0.1) is 0 Å². The van der Waals surface area contributed by atoms with Crippen molar-refractivity contribution in [3.8, 4) is 0 Å². The minimum atomic E-state index is 0. The van der Waals surface area contributed by atoms with Gasteiger partial charge in [-0.05, 0) is 13.0 Å². The molecule has 0 aromatic carbocycles. The molecule has 6 heavy (non-hydrogen) atoms. The minimum absolute atomic E-state index is 0. The Bertz CT molecular complexity index is 15.0. The molecule has 0 saturated heterocycles. The first-order valence-corrected chi connectivity index (χ1v) is 2.12. The van der Waals surface area contributed by atoms with Crippen LogP contribution in [0.2, 0.25) is 0 Å². The zero-order valence-corrected chi connectivity index (χ0v) is 4.70. The summed E-state index contributed by atoms with van der Waals surface area (Å²) in [5.74, 6) is 0. The van der Waals surface area contributed by atoms with Crippen molar-refractivity contribution >= 4 is 0 Å². The third kappa shape index (κ3) is 8.82. The Labute approximate surface area is 51.5 Å². The maximum Gasteiger partial charge on any atom is 1.00 e. The van der Waals surface area contributed by atoms with E-state index < -0.39 is 0 Å². The molecule has 2 heteroatoms. The Morgan fingerprint density at radius 1 is 1.50 bits per heavy atom. The molecule has 0 heterocycles. The van der Waals surface area contributed by atoms with Gasteiger partial charge in [0.1, 0.15) is 0 Å². The SMILES string of the molecule is CCCCN.[Li+]. The average Bonchev–Trinajstić information content (AvgIpc) is 1.41. The van der Waals surface area contributed by atoms with Crippen molar-refractivity contribution in [2.75, 3.05) is 6.54 Å². The van der Waals surface area contributed by atoms with Gasteiger partial charge in [0.25, 0.3) is 0 Å². The zero-order chi connectivity index (χ0) is 4.12. The number of hydrogen-bond acceptors (Lipinski definition) is 1. The number of rotatable bonds is 2. The predicted molar refractivity (Wildman–Crippen MR) is 24.0 cm³/mol. The van der Waals surface area contributed by atoms with Gasteiger partial charge in [-0.1, -0.05) is 13.3 Å². The smallest absolute Gasteiger partial charge is 0.330 e. The second-order valence-electron chi connectivity index (χ2n) is 1.14. The van der Waals surface area contributed by atoms with E-state index in [1.807, 2.05) is 0 Å². The molecule has 0 aliphatic carbocycles. The first-order valence-electron chi connectivity index (χ1n) is 2.12. The van der Waals surface area contributed by atoms with E-state index in [0.29, 0.717) is 0 Å². The van der Waals surface area contributed by atoms with Gasteiger partial charge in [0.2, 0.25) is 0 Å². The summed E-state index contributed by atoms with van der Waals surface area (Å²) in [5.41, 5.74) is 5.14. The fraction of sp³-hybridized carbons (Fsp3) is 1.00. The van der Waals surface area contributed by atoms with E-state index >= 15 is 0 Å². The Balaban J connectivity index is 0.